The van der Waals surface area contributed by atoms with E-state index < -0.39 is 0 Å². The van der Waals surface area contributed by atoms with Crippen LogP contribution in [0.3, 0.4) is 0 Å². The largest absolute Gasteiger partial charge is 0.491 e. The van der Waals surface area contributed by atoms with Gasteiger partial charge in [0.1, 0.15) is 0 Å². The lowest BCUT2D eigenvalue weighted by Gasteiger charge is -2.17. The summed E-state index contributed by atoms with van der Waals surface area (Å²) in [4.78, 5) is 0. The molecule has 0 saturated carbocycles. The van der Waals surface area contributed by atoms with Gasteiger partial charge in [-0.15, -0.1) is 0 Å². The number of ether oxygens (including phenoxy) is 1. The van der Waals surface area contributed by atoms with Gasteiger partial charge in [-0.2, -0.15) is 0 Å². The van der Waals surface area contributed by atoms with Gasteiger partial charge in [0.05, 0.1) is 6.61 Å². The van der Waals surface area contributed by atoms with Crippen LogP contribution in [0.4, 0.5) is 10.1 Å². The first kappa shape index (κ1) is 14.8. The molecule has 0 aromatic heterocycles. The molecule has 0 aliphatic rings. The number of halogens is 1. The zero-order valence-electron chi connectivity index (χ0n) is 11.8. The third-order valence-electron chi connectivity index (χ3n) is 2.82. The van der Waals surface area contributed by atoms with E-state index in [9.17, 15) is 4.39 Å². The predicted octanol–water partition coefficient (Wildman–Crippen LogP) is 4.46. The Morgan fingerprint density at radius 2 is 1.94 bits per heavy atom. The standard InChI is InChI=1S/C15H24FNO/c1-5-18-15-9-8-13(10-14(15)16)17-12(4)7-6-11(2)3/h8-12,17H,5-7H2,1-4H3. The number of nitrogens with one attached hydrogen (secondary N) is 1. The maximum Gasteiger partial charge on any atom is 0.167 e. The molecule has 1 aromatic carbocycles. The highest BCUT2D eigenvalue weighted by Gasteiger charge is 2.07. The average molecular weight is 253 g/mol. The van der Waals surface area contributed by atoms with Crippen LogP contribution in [0.15, 0.2) is 18.2 Å². The number of hydrogen-bond acceptors (Lipinski definition) is 2. The molecule has 0 heterocycles. The van der Waals surface area contributed by atoms with Gasteiger partial charge in [0.2, 0.25) is 0 Å². The minimum atomic E-state index is -0.307. The zero-order chi connectivity index (χ0) is 13.5. The van der Waals surface area contributed by atoms with Crippen LogP contribution in [0.25, 0.3) is 0 Å². The highest BCUT2D eigenvalue weighted by Crippen LogP contribution is 2.22. The summed E-state index contributed by atoms with van der Waals surface area (Å²) in [7, 11) is 0. The van der Waals surface area contributed by atoms with Crippen LogP contribution < -0.4 is 10.1 Å². The first-order chi connectivity index (χ1) is 8.52. The van der Waals surface area contributed by atoms with Crippen molar-refractivity contribution in [2.45, 2.75) is 46.6 Å². The van der Waals surface area contributed by atoms with Crippen LogP contribution in [-0.2, 0) is 0 Å². The Hall–Kier alpha value is -1.25. The van der Waals surface area contributed by atoms with Crippen molar-refractivity contribution in [3.63, 3.8) is 0 Å². The molecular formula is C15H24FNO. The van der Waals surface area contributed by atoms with E-state index in [1.807, 2.05) is 13.0 Å². The number of anilines is 1. The maximum atomic E-state index is 13.6. The van der Waals surface area contributed by atoms with E-state index in [0.29, 0.717) is 24.3 Å². The second kappa shape index (κ2) is 7.24. The second-order valence-corrected chi connectivity index (χ2v) is 5.09. The number of hydrogen-bond donors (Lipinski definition) is 1. The maximum absolute atomic E-state index is 13.6. The molecule has 18 heavy (non-hydrogen) atoms. The van der Waals surface area contributed by atoms with Crippen molar-refractivity contribution >= 4 is 5.69 Å². The molecule has 1 rings (SSSR count). The highest BCUT2D eigenvalue weighted by molar-refractivity contribution is 5.47. The van der Waals surface area contributed by atoms with Gasteiger partial charge in [-0.05, 0) is 44.7 Å². The first-order valence-electron chi connectivity index (χ1n) is 6.71. The van der Waals surface area contributed by atoms with Crippen molar-refractivity contribution in [2.75, 3.05) is 11.9 Å². The molecule has 102 valence electrons. The fourth-order valence-corrected chi connectivity index (χ4v) is 1.80. The van der Waals surface area contributed by atoms with E-state index in [2.05, 4.69) is 26.1 Å². The average Bonchev–Trinajstić information content (AvgIpc) is 2.30. The summed E-state index contributed by atoms with van der Waals surface area (Å²) >= 11 is 0. The van der Waals surface area contributed by atoms with Crippen LogP contribution in [0.5, 0.6) is 5.75 Å². The summed E-state index contributed by atoms with van der Waals surface area (Å²) in [6.07, 6.45) is 2.26. The molecule has 0 bridgehead atoms. The molecule has 0 spiro atoms. The van der Waals surface area contributed by atoms with Crippen LogP contribution in [0, 0.1) is 11.7 Å². The van der Waals surface area contributed by atoms with Gasteiger partial charge in [0.15, 0.2) is 11.6 Å². The van der Waals surface area contributed by atoms with Crippen LogP contribution in [0.1, 0.15) is 40.5 Å². The van der Waals surface area contributed by atoms with Crippen molar-refractivity contribution in [2.24, 2.45) is 5.92 Å². The van der Waals surface area contributed by atoms with E-state index in [4.69, 9.17) is 4.74 Å². The van der Waals surface area contributed by atoms with Crippen LogP contribution in [-0.4, -0.2) is 12.6 Å². The molecule has 0 saturated heterocycles. The number of rotatable bonds is 7. The fraction of sp³-hybridized carbons (Fsp3) is 0.600. The van der Waals surface area contributed by atoms with Crippen LogP contribution >= 0.6 is 0 Å². The summed E-state index contributed by atoms with van der Waals surface area (Å²) in [5.74, 6) is 0.710. The molecule has 1 unspecified atom stereocenters. The Bertz CT molecular complexity index is 366. The number of benzene rings is 1. The first-order valence-corrected chi connectivity index (χ1v) is 6.71. The minimum Gasteiger partial charge on any atom is -0.491 e. The summed E-state index contributed by atoms with van der Waals surface area (Å²) < 4.78 is 18.8. The second-order valence-electron chi connectivity index (χ2n) is 5.09. The van der Waals surface area contributed by atoms with Gasteiger partial charge in [-0.3, -0.25) is 0 Å². The molecule has 1 N–H and O–H groups in total. The van der Waals surface area contributed by atoms with Crippen molar-refractivity contribution in [3.8, 4) is 5.75 Å². The van der Waals surface area contributed by atoms with Crippen molar-refractivity contribution in [1.29, 1.82) is 0 Å². The van der Waals surface area contributed by atoms with Gasteiger partial charge in [0.25, 0.3) is 0 Å². The summed E-state index contributed by atoms with van der Waals surface area (Å²) in [6.45, 7) is 8.87. The Morgan fingerprint density at radius 1 is 1.22 bits per heavy atom. The lowest BCUT2D eigenvalue weighted by Crippen LogP contribution is -2.15. The molecule has 0 aliphatic heterocycles. The third kappa shape index (κ3) is 4.94. The fourth-order valence-electron chi connectivity index (χ4n) is 1.80. The SMILES string of the molecule is CCOc1ccc(NC(C)CCC(C)C)cc1F. The van der Waals surface area contributed by atoms with Crippen molar-refractivity contribution < 1.29 is 9.13 Å². The topological polar surface area (TPSA) is 21.3 Å². The van der Waals surface area contributed by atoms with Crippen molar-refractivity contribution in [1.82, 2.24) is 0 Å². The Kier molecular flexibility index (Phi) is 5.96. The lowest BCUT2D eigenvalue weighted by molar-refractivity contribution is 0.321. The Labute approximate surface area is 110 Å². The molecule has 1 atom stereocenters. The lowest BCUT2D eigenvalue weighted by atomic mass is 10.0. The quantitative estimate of drug-likeness (QED) is 0.774. The van der Waals surface area contributed by atoms with Gasteiger partial charge in [-0.1, -0.05) is 13.8 Å². The van der Waals surface area contributed by atoms with Gasteiger partial charge in [-0.25, -0.2) is 4.39 Å². The third-order valence-corrected chi connectivity index (χ3v) is 2.82. The van der Waals surface area contributed by atoms with Gasteiger partial charge < -0.3 is 10.1 Å². The molecule has 0 amide bonds. The molecule has 0 aliphatic carbocycles. The van der Waals surface area contributed by atoms with E-state index in [1.165, 1.54) is 12.5 Å². The summed E-state index contributed by atoms with van der Waals surface area (Å²) in [5, 5.41) is 3.31. The van der Waals surface area contributed by atoms with E-state index in [0.717, 1.165) is 12.1 Å². The van der Waals surface area contributed by atoms with Crippen LogP contribution in [0.2, 0.25) is 0 Å². The van der Waals surface area contributed by atoms with Gasteiger partial charge >= 0.3 is 0 Å². The molecule has 2 nitrogen and oxygen atoms in total. The summed E-state index contributed by atoms with van der Waals surface area (Å²) in [5.41, 5.74) is 0.812. The molecule has 3 heteroatoms. The predicted molar refractivity (Wildman–Crippen MR) is 74.7 cm³/mol. The van der Waals surface area contributed by atoms with Crippen molar-refractivity contribution in [3.05, 3.63) is 24.0 Å². The smallest absolute Gasteiger partial charge is 0.167 e. The zero-order valence-corrected chi connectivity index (χ0v) is 11.8. The van der Waals surface area contributed by atoms with E-state index in [1.54, 1.807) is 6.07 Å². The Balaban J connectivity index is 2.54. The molecular weight excluding hydrogens is 229 g/mol. The molecule has 0 fully saturated rings. The molecule has 0 radical (unpaired) electrons. The van der Waals surface area contributed by atoms with E-state index in [-0.39, 0.29) is 5.82 Å². The minimum absolute atomic E-state index is 0.307. The van der Waals surface area contributed by atoms with E-state index >= 15 is 0 Å². The normalized spacial score (nSPS) is 12.6. The highest BCUT2D eigenvalue weighted by atomic mass is 19.1. The summed E-state index contributed by atoms with van der Waals surface area (Å²) in [6, 6.07) is 5.39. The van der Waals surface area contributed by atoms with Gasteiger partial charge in [0, 0.05) is 17.8 Å². The molecule has 1 aromatic rings. The Morgan fingerprint density at radius 3 is 2.50 bits per heavy atom. The monoisotopic (exact) mass is 253 g/mol.